The summed E-state index contributed by atoms with van der Waals surface area (Å²) in [5, 5.41) is 4.00. The molecule has 1 saturated heterocycles. The third kappa shape index (κ3) is 4.24. The normalized spacial score (nSPS) is 17.7. The van der Waals surface area contributed by atoms with Crippen molar-refractivity contribution in [2.45, 2.75) is 32.4 Å². The number of primary amides is 1. The van der Waals surface area contributed by atoms with Gasteiger partial charge in [0.1, 0.15) is 6.04 Å². The van der Waals surface area contributed by atoms with Gasteiger partial charge in [0.05, 0.1) is 6.54 Å². The number of piperazine rings is 1. The first-order valence-corrected chi connectivity index (χ1v) is 8.67. The number of amides is 1. The molecule has 3 rings (SSSR count). The molecule has 1 atom stereocenters. The minimum absolute atomic E-state index is 0.261. The lowest BCUT2D eigenvalue weighted by Gasteiger charge is -2.37. The van der Waals surface area contributed by atoms with Gasteiger partial charge in [-0.3, -0.25) is 14.6 Å². The number of benzene rings is 1. The van der Waals surface area contributed by atoms with E-state index in [0.717, 1.165) is 37.6 Å². The van der Waals surface area contributed by atoms with Crippen LogP contribution in [-0.4, -0.2) is 52.0 Å². The van der Waals surface area contributed by atoms with E-state index in [2.05, 4.69) is 19.9 Å². The van der Waals surface area contributed by atoms with Gasteiger partial charge in [-0.1, -0.05) is 49.3 Å². The van der Waals surface area contributed by atoms with E-state index in [1.54, 1.807) is 0 Å². The maximum absolute atomic E-state index is 12.0. The van der Waals surface area contributed by atoms with Crippen LogP contribution < -0.4 is 5.73 Å². The SMILES string of the molecule is CC(C)c1noc(CN2CCN([C@H](C(N)=O)c3ccccc3)CC2)n1. The summed E-state index contributed by atoms with van der Waals surface area (Å²) in [4.78, 5) is 20.8. The Hall–Kier alpha value is -2.25. The average molecular weight is 343 g/mol. The van der Waals surface area contributed by atoms with Crippen LogP contribution in [0.1, 0.15) is 43.1 Å². The van der Waals surface area contributed by atoms with E-state index >= 15 is 0 Å². The van der Waals surface area contributed by atoms with Crippen LogP contribution in [0.25, 0.3) is 0 Å². The van der Waals surface area contributed by atoms with Crippen molar-refractivity contribution < 1.29 is 9.32 Å². The van der Waals surface area contributed by atoms with E-state index in [-0.39, 0.29) is 17.9 Å². The van der Waals surface area contributed by atoms with Crippen molar-refractivity contribution >= 4 is 5.91 Å². The Bertz CT molecular complexity index is 693. The topological polar surface area (TPSA) is 88.5 Å². The van der Waals surface area contributed by atoms with Crippen molar-refractivity contribution in [3.05, 3.63) is 47.6 Å². The molecule has 0 radical (unpaired) electrons. The highest BCUT2D eigenvalue weighted by atomic mass is 16.5. The standard InChI is InChI=1S/C18H25N5O2/c1-13(2)18-20-15(25-21-18)12-22-8-10-23(11-9-22)16(17(19)24)14-6-4-3-5-7-14/h3-7,13,16H,8-12H2,1-2H3,(H2,19,24)/t16-/m0/s1. The van der Waals surface area contributed by atoms with Gasteiger partial charge in [-0.25, -0.2) is 0 Å². The molecule has 0 bridgehead atoms. The van der Waals surface area contributed by atoms with Gasteiger partial charge in [0, 0.05) is 32.1 Å². The molecule has 7 nitrogen and oxygen atoms in total. The van der Waals surface area contributed by atoms with E-state index in [1.807, 2.05) is 44.2 Å². The molecular weight excluding hydrogens is 318 g/mol. The lowest BCUT2D eigenvalue weighted by atomic mass is 10.0. The van der Waals surface area contributed by atoms with Crippen molar-refractivity contribution in [2.75, 3.05) is 26.2 Å². The Morgan fingerprint density at radius 3 is 2.44 bits per heavy atom. The first-order valence-electron chi connectivity index (χ1n) is 8.67. The van der Waals surface area contributed by atoms with Gasteiger partial charge < -0.3 is 10.3 Å². The zero-order chi connectivity index (χ0) is 17.8. The summed E-state index contributed by atoms with van der Waals surface area (Å²) in [7, 11) is 0. The molecule has 25 heavy (non-hydrogen) atoms. The molecule has 2 heterocycles. The predicted molar refractivity (Wildman–Crippen MR) is 93.6 cm³/mol. The number of aromatic nitrogens is 2. The number of carbonyl (C=O) groups is 1. The van der Waals surface area contributed by atoms with Crippen LogP contribution in [0.5, 0.6) is 0 Å². The molecule has 0 saturated carbocycles. The van der Waals surface area contributed by atoms with Crippen molar-refractivity contribution in [2.24, 2.45) is 5.73 Å². The van der Waals surface area contributed by atoms with Gasteiger partial charge in [0.2, 0.25) is 11.8 Å². The van der Waals surface area contributed by atoms with E-state index in [1.165, 1.54) is 0 Å². The van der Waals surface area contributed by atoms with Crippen molar-refractivity contribution in [3.8, 4) is 0 Å². The molecule has 0 spiro atoms. The fraction of sp³-hybridized carbons (Fsp3) is 0.500. The molecule has 0 unspecified atom stereocenters. The summed E-state index contributed by atoms with van der Waals surface area (Å²) in [6, 6.07) is 9.34. The predicted octanol–water partition coefficient (Wildman–Crippen LogP) is 1.54. The van der Waals surface area contributed by atoms with Crippen LogP contribution in [0.4, 0.5) is 0 Å². The van der Waals surface area contributed by atoms with Gasteiger partial charge >= 0.3 is 0 Å². The Kier molecular flexibility index (Phi) is 5.45. The fourth-order valence-electron chi connectivity index (χ4n) is 3.13. The monoisotopic (exact) mass is 343 g/mol. The van der Waals surface area contributed by atoms with Gasteiger partial charge in [-0.2, -0.15) is 4.98 Å². The van der Waals surface area contributed by atoms with E-state index < -0.39 is 0 Å². The van der Waals surface area contributed by atoms with Gasteiger partial charge in [-0.05, 0) is 5.56 Å². The summed E-state index contributed by atoms with van der Waals surface area (Å²) in [6.45, 7) is 7.93. The molecule has 134 valence electrons. The molecule has 2 N–H and O–H groups in total. The molecule has 1 aromatic carbocycles. The summed E-state index contributed by atoms with van der Waals surface area (Å²) in [5.74, 6) is 1.34. The fourth-order valence-corrected chi connectivity index (χ4v) is 3.13. The van der Waals surface area contributed by atoms with Crippen LogP contribution in [0.2, 0.25) is 0 Å². The molecule has 1 amide bonds. The highest BCUT2D eigenvalue weighted by molar-refractivity contribution is 5.81. The highest BCUT2D eigenvalue weighted by Crippen LogP contribution is 2.22. The third-order valence-electron chi connectivity index (χ3n) is 4.52. The zero-order valence-corrected chi connectivity index (χ0v) is 14.8. The summed E-state index contributed by atoms with van der Waals surface area (Å²) in [5.41, 5.74) is 6.61. The Morgan fingerprint density at radius 2 is 1.88 bits per heavy atom. The van der Waals surface area contributed by atoms with Gasteiger partial charge in [0.25, 0.3) is 0 Å². The van der Waals surface area contributed by atoms with E-state index in [9.17, 15) is 4.79 Å². The lowest BCUT2D eigenvalue weighted by Crippen LogP contribution is -2.50. The molecule has 1 aromatic heterocycles. The second-order valence-electron chi connectivity index (χ2n) is 6.73. The van der Waals surface area contributed by atoms with Gasteiger partial charge in [-0.15, -0.1) is 0 Å². The Morgan fingerprint density at radius 1 is 1.20 bits per heavy atom. The molecule has 7 heteroatoms. The Balaban J connectivity index is 1.59. The highest BCUT2D eigenvalue weighted by Gasteiger charge is 2.29. The maximum atomic E-state index is 12.0. The van der Waals surface area contributed by atoms with Crippen LogP contribution in [0.3, 0.4) is 0 Å². The number of hydrogen-bond acceptors (Lipinski definition) is 6. The molecule has 2 aromatic rings. The Labute approximate surface area is 147 Å². The van der Waals surface area contributed by atoms with Crippen LogP contribution in [-0.2, 0) is 11.3 Å². The lowest BCUT2D eigenvalue weighted by molar-refractivity contribution is -0.124. The van der Waals surface area contributed by atoms with Crippen LogP contribution in [0.15, 0.2) is 34.9 Å². The number of hydrogen-bond donors (Lipinski definition) is 1. The first kappa shape index (κ1) is 17.6. The van der Waals surface area contributed by atoms with Crippen molar-refractivity contribution in [1.82, 2.24) is 19.9 Å². The van der Waals surface area contributed by atoms with E-state index in [4.69, 9.17) is 10.3 Å². The second kappa shape index (κ2) is 7.76. The molecule has 1 fully saturated rings. The largest absolute Gasteiger partial charge is 0.368 e. The van der Waals surface area contributed by atoms with Gasteiger partial charge in [0.15, 0.2) is 5.82 Å². The smallest absolute Gasteiger partial charge is 0.240 e. The summed E-state index contributed by atoms with van der Waals surface area (Å²) < 4.78 is 5.32. The quantitative estimate of drug-likeness (QED) is 0.856. The van der Waals surface area contributed by atoms with Crippen molar-refractivity contribution in [1.29, 1.82) is 0 Å². The molecule has 1 aliphatic rings. The summed E-state index contributed by atoms with van der Waals surface area (Å²) in [6.07, 6.45) is 0. The molecule has 1 aliphatic heterocycles. The minimum Gasteiger partial charge on any atom is -0.368 e. The van der Waals surface area contributed by atoms with E-state index in [0.29, 0.717) is 12.4 Å². The van der Waals surface area contributed by atoms with Crippen LogP contribution in [0, 0.1) is 0 Å². The maximum Gasteiger partial charge on any atom is 0.240 e. The number of nitrogens with zero attached hydrogens (tertiary/aromatic N) is 4. The molecule has 0 aliphatic carbocycles. The number of rotatable bonds is 6. The second-order valence-corrected chi connectivity index (χ2v) is 6.73. The van der Waals surface area contributed by atoms with Crippen molar-refractivity contribution in [3.63, 3.8) is 0 Å². The third-order valence-corrected chi connectivity index (χ3v) is 4.52. The zero-order valence-electron chi connectivity index (χ0n) is 14.8. The summed E-state index contributed by atoms with van der Waals surface area (Å²) >= 11 is 0. The number of carbonyl (C=O) groups excluding carboxylic acids is 1. The molecular formula is C18H25N5O2. The number of nitrogens with two attached hydrogens (primary N) is 1. The average Bonchev–Trinajstić information content (AvgIpc) is 3.06. The first-order chi connectivity index (χ1) is 12.0. The minimum atomic E-state index is -0.376. The van der Waals surface area contributed by atoms with Crippen LogP contribution >= 0.6 is 0 Å².